The smallest absolute Gasteiger partial charge is 0.104 e. The molecule has 0 amide bonds. The number of nitriles is 1. The number of aromatic nitrogens is 4. The molecule has 4 aliphatic carbocycles. The summed E-state index contributed by atoms with van der Waals surface area (Å²) < 4.78 is 10.4. The standard InChI is InChI=1S/C89H63N5/c90-55-75-85(91-76-33-17-13-29-67(76)68-30-14-18-34-77(68)91)87(93-80-41-37-63(59-21-5-1-6-22-59)48-71(80)72-49-64(38-42-81(72)93)60-23-7-2-8-24-60)84(89-52-56-45-57(53-89)47-58(46-56)54-89)88(86(75)92-78-35-19-15-31-69(78)70-32-16-20-36-79(70)92)94-82-43-39-65(61-25-9-3-10-26-61)50-73(82)74-51-66(40-44-83(74)94)62-27-11-4-12-28-62/h1-44,48-51,56-58H,45-47,52-54H2. The van der Waals surface area contributed by atoms with Crippen molar-refractivity contribution >= 4 is 87.2 Å². The first kappa shape index (κ1) is 53.2. The average molecular weight is 1200 g/mol. The fourth-order valence-electron chi connectivity index (χ4n) is 18.7. The van der Waals surface area contributed by atoms with E-state index in [1.165, 1.54) is 68.6 Å². The third-order valence-electron chi connectivity index (χ3n) is 22.1. The van der Waals surface area contributed by atoms with Gasteiger partial charge in [0.15, 0.2) is 0 Å². The highest BCUT2D eigenvalue weighted by atomic mass is 15.1. The molecule has 13 aromatic carbocycles. The topological polar surface area (TPSA) is 43.5 Å². The van der Waals surface area contributed by atoms with E-state index in [9.17, 15) is 5.26 Å². The number of para-hydroxylation sites is 4. The number of benzene rings is 13. The molecule has 4 heterocycles. The SMILES string of the molecule is N#Cc1c(-n2c3ccccc3c3ccccc32)c(-n2c3ccc(-c4ccccc4)cc3c3cc(-c4ccccc4)ccc32)c(C23CC4CC(CC(C4)C2)C3)c(-n2c3ccc(-c4ccccc4)cc3c3cc(-c4ccccc4)ccc32)c1-n1c2ccccc2c2ccccc21. The number of rotatable bonds is 9. The Kier molecular flexibility index (Phi) is 11.6. The summed E-state index contributed by atoms with van der Waals surface area (Å²) in [5.74, 6) is 1.70. The summed E-state index contributed by atoms with van der Waals surface area (Å²) in [5.41, 5.74) is 23.6. The summed E-state index contributed by atoms with van der Waals surface area (Å²) in [7, 11) is 0. The third-order valence-corrected chi connectivity index (χ3v) is 22.1. The van der Waals surface area contributed by atoms with E-state index in [0.29, 0.717) is 23.3 Å². The lowest BCUT2D eigenvalue weighted by atomic mass is 9.47. The second kappa shape index (κ2) is 20.5. The van der Waals surface area contributed by atoms with Gasteiger partial charge in [-0.15, -0.1) is 0 Å². The van der Waals surface area contributed by atoms with Crippen LogP contribution in [0.2, 0.25) is 0 Å². The molecule has 0 saturated heterocycles. The van der Waals surface area contributed by atoms with Crippen molar-refractivity contribution in [2.24, 2.45) is 17.8 Å². The molecular formula is C89H63N5. The fourth-order valence-corrected chi connectivity index (χ4v) is 18.7. The van der Waals surface area contributed by atoms with Crippen LogP contribution >= 0.6 is 0 Å². The van der Waals surface area contributed by atoms with Crippen molar-refractivity contribution in [3.05, 3.63) is 302 Å². The quantitative estimate of drug-likeness (QED) is 0.142. The van der Waals surface area contributed by atoms with Gasteiger partial charge in [-0.2, -0.15) is 5.26 Å². The van der Waals surface area contributed by atoms with Crippen LogP contribution in [0.25, 0.3) is 154 Å². The van der Waals surface area contributed by atoms with Crippen LogP contribution in [0.3, 0.4) is 0 Å². The van der Waals surface area contributed by atoms with E-state index in [2.05, 4.69) is 316 Å². The van der Waals surface area contributed by atoms with Gasteiger partial charge in [-0.1, -0.05) is 218 Å². The average Bonchev–Trinajstić information content (AvgIpc) is 1.38. The Morgan fingerprint density at radius 1 is 0.255 bits per heavy atom. The number of fused-ring (bicyclic) bond motifs is 12. The number of hydrogen-bond donors (Lipinski definition) is 0. The molecule has 4 bridgehead atoms. The lowest BCUT2D eigenvalue weighted by Gasteiger charge is -2.58. The summed E-state index contributed by atoms with van der Waals surface area (Å²) in [5, 5.41) is 22.8. The van der Waals surface area contributed by atoms with Crippen molar-refractivity contribution in [1.29, 1.82) is 5.26 Å². The van der Waals surface area contributed by atoms with Gasteiger partial charge in [0.2, 0.25) is 0 Å². The molecule has 21 rings (SSSR count). The molecule has 4 aliphatic rings. The van der Waals surface area contributed by atoms with Crippen molar-refractivity contribution in [2.75, 3.05) is 0 Å². The molecule has 0 radical (unpaired) electrons. The van der Waals surface area contributed by atoms with E-state index >= 15 is 0 Å². The van der Waals surface area contributed by atoms with Crippen LogP contribution in [0, 0.1) is 29.1 Å². The van der Waals surface area contributed by atoms with Gasteiger partial charge in [0.25, 0.3) is 0 Å². The molecule has 94 heavy (non-hydrogen) atoms. The highest BCUT2D eigenvalue weighted by Crippen LogP contribution is 2.65. The summed E-state index contributed by atoms with van der Waals surface area (Å²) in [6.07, 6.45) is 6.97. The van der Waals surface area contributed by atoms with E-state index in [0.717, 1.165) is 130 Å². The van der Waals surface area contributed by atoms with E-state index in [1.807, 2.05) is 0 Å². The zero-order chi connectivity index (χ0) is 61.8. The van der Waals surface area contributed by atoms with Crippen LogP contribution in [0.5, 0.6) is 0 Å². The number of nitrogens with zero attached hydrogens (tertiary/aromatic N) is 5. The van der Waals surface area contributed by atoms with Gasteiger partial charge in [-0.25, -0.2) is 0 Å². The van der Waals surface area contributed by atoms with Gasteiger partial charge in [0.1, 0.15) is 11.6 Å². The Morgan fingerprint density at radius 3 is 0.777 bits per heavy atom. The molecule has 4 saturated carbocycles. The molecule has 5 heteroatoms. The van der Waals surface area contributed by atoms with Crippen LogP contribution in [-0.4, -0.2) is 18.3 Å². The van der Waals surface area contributed by atoms with Crippen LogP contribution in [0.15, 0.2) is 291 Å². The second-order valence-corrected chi connectivity index (χ2v) is 27.3. The van der Waals surface area contributed by atoms with Gasteiger partial charge < -0.3 is 18.3 Å². The second-order valence-electron chi connectivity index (χ2n) is 27.3. The fraction of sp³-hybridized carbons (Fsp3) is 0.112. The Hall–Kier alpha value is -11.5. The molecule has 4 aromatic heterocycles. The van der Waals surface area contributed by atoms with Crippen LogP contribution in [0.4, 0.5) is 0 Å². The molecule has 0 unspecified atom stereocenters. The van der Waals surface area contributed by atoms with Crippen molar-refractivity contribution in [2.45, 2.75) is 43.9 Å². The lowest BCUT2D eigenvalue weighted by molar-refractivity contribution is -0.00512. The van der Waals surface area contributed by atoms with Gasteiger partial charge in [0, 0.05) is 54.1 Å². The first-order chi connectivity index (χ1) is 46.5. The predicted octanol–water partition coefficient (Wildman–Crippen LogP) is 23.1. The van der Waals surface area contributed by atoms with E-state index in [-0.39, 0.29) is 5.41 Å². The Labute approximate surface area is 544 Å². The van der Waals surface area contributed by atoms with Crippen molar-refractivity contribution < 1.29 is 0 Å². The highest BCUT2D eigenvalue weighted by molar-refractivity contribution is 6.17. The first-order valence-corrected chi connectivity index (χ1v) is 33.5. The maximum Gasteiger partial charge on any atom is 0.104 e. The van der Waals surface area contributed by atoms with Gasteiger partial charge in [-0.3, -0.25) is 0 Å². The zero-order valence-electron chi connectivity index (χ0n) is 51.9. The van der Waals surface area contributed by atoms with Gasteiger partial charge >= 0.3 is 0 Å². The monoisotopic (exact) mass is 1200 g/mol. The molecule has 4 fully saturated rings. The highest BCUT2D eigenvalue weighted by Gasteiger charge is 2.55. The molecule has 0 spiro atoms. The minimum Gasteiger partial charge on any atom is -0.307 e. The normalized spacial score (nSPS) is 17.7. The van der Waals surface area contributed by atoms with E-state index in [1.54, 1.807) is 0 Å². The summed E-state index contributed by atoms with van der Waals surface area (Å²) >= 11 is 0. The van der Waals surface area contributed by atoms with E-state index in [4.69, 9.17) is 0 Å². The van der Waals surface area contributed by atoms with Crippen LogP contribution in [-0.2, 0) is 5.41 Å². The van der Waals surface area contributed by atoms with Crippen LogP contribution < -0.4 is 0 Å². The predicted molar refractivity (Wildman–Crippen MR) is 390 cm³/mol. The van der Waals surface area contributed by atoms with Crippen LogP contribution in [0.1, 0.15) is 49.7 Å². The minimum atomic E-state index is -0.331. The molecule has 0 atom stereocenters. The zero-order valence-corrected chi connectivity index (χ0v) is 51.9. The summed E-state index contributed by atoms with van der Waals surface area (Å²) in [6.45, 7) is 0. The molecule has 0 aliphatic heterocycles. The van der Waals surface area contributed by atoms with Gasteiger partial charge in [0.05, 0.1) is 66.9 Å². The maximum atomic E-state index is 13.5. The molecular weight excluding hydrogens is 1140 g/mol. The Balaban J connectivity index is 1.07. The summed E-state index contributed by atoms with van der Waals surface area (Å²) in [4.78, 5) is 0. The largest absolute Gasteiger partial charge is 0.307 e. The Bertz CT molecular complexity index is 5340. The molecule has 17 aromatic rings. The maximum absolute atomic E-state index is 13.5. The first-order valence-electron chi connectivity index (χ1n) is 33.5. The van der Waals surface area contributed by atoms with Crippen molar-refractivity contribution in [3.8, 4) is 73.3 Å². The molecule has 444 valence electrons. The lowest BCUT2D eigenvalue weighted by Crippen LogP contribution is -2.49. The van der Waals surface area contributed by atoms with Crippen molar-refractivity contribution in [1.82, 2.24) is 18.3 Å². The van der Waals surface area contributed by atoms with Gasteiger partial charge in [-0.05, 0) is 174 Å². The third kappa shape index (κ3) is 7.81. The number of hydrogen-bond acceptors (Lipinski definition) is 1. The summed E-state index contributed by atoms with van der Waals surface area (Å²) in [6, 6.07) is 111. The van der Waals surface area contributed by atoms with Crippen molar-refractivity contribution in [3.63, 3.8) is 0 Å². The molecule has 5 nitrogen and oxygen atoms in total. The molecule has 0 N–H and O–H groups in total. The minimum absolute atomic E-state index is 0.331. The Morgan fingerprint density at radius 2 is 0.500 bits per heavy atom. The van der Waals surface area contributed by atoms with E-state index < -0.39 is 0 Å².